The highest BCUT2D eigenvalue weighted by atomic mass is 19.4. The molecule has 0 amide bonds. The van der Waals surface area contributed by atoms with Crippen LogP contribution in [-0.2, 0) is 0 Å². The first-order valence-corrected chi connectivity index (χ1v) is 4.54. The zero-order chi connectivity index (χ0) is 13.9. The van der Waals surface area contributed by atoms with Gasteiger partial charge in [-0.2, -0.15) is 8.78 Å². The third kappa shape index (κ3) is 4.19. The molecule has 3 nitrogen and oxygen atoms in total. The Morgan fingerprint density at radius 2 is 1.89 bits per heavy atom. The number of hydrogen-bond donors (Lipinski definition) is 0. The molecule has 1 rings (SSSR count). The van der Waals surface area contributed by atoms with Crippen LogP contribution in [-0.4, -0.2) is 18.8 Å². The molecule has 0 fully saturated rings. The van der Waals surface area contributed by atoms with Gasteiger partial charge in [-0.1, -0.05) is 0 Å². The molecule has 0 aliphatic heterocycles. The maximum Gasteiger partial charge on any atom is 0.573 e. The molecule has 0 bridgehead atoms. The van der Waals surface area contributed by atoms with E-state index in [1.54, 1.807) is 0 Å². The van der Waals surface area contributed by atoms with Crippen molar-refractivity contribution in [1.29, 1.82) is 0 Å². The standard InChI is InChI=1S/C10H7F5O3/c1-5(16)7-4-6(17-9(11)12)2-3-8(7)18-10(13,14)15/h2-4,9H,1H3. The van der Waals surface area contributed by atoms with Gasteiger partial charge in [-0.05, 0) is 25.1 Å². The third-order valence-corrected chi connectivity index (χ3v) is 1.78. The lowest BCUT2D eigenvalue weighted by Gasteiger charge is -2.13. The van der Waals surface area contributed by atoms with Gasteiger partial charge in [-0.3, -0.25) is 4.79 Å². The average Bonchev–Trinajstić information content (AvgIpc) is 2.17. The molecule has 18 heavy (non-hydrogen) atoms. The SMILES string of the molecule is CC(=O)c1cc(OC(F)F)ccc1OC(F)(F)F. The summed E-state index contributed by atoms with van der Waals surface area (Å²) in [5, 5.41) is 0. The first-order valence-electron chi connectivity index (χ1n) is 4.54. The lowest BCUT2D eigenvalue weighted by Crippen LogP contribution is -2.18. The molecule has 0 aliphatic rings. The van der Waals surface area contributed by atoms with Crippen LogP contribution < -0.4 is 9.47 Å². The number of carbonyl (C=O) groups excluding carboxylic acids is 1. The van der Waals surface area contributed by atoms with Crippen LogP contribution in [0, 0.1) is 0 Å². The first-order chi connectivity index (χ1) is 8.19. The molecule has 0 saturated heterocycles. The highest BCUT2D eigenvalue weighted by molar-refractivity contribution is 5.97. The van der Waals surface area contributed by atoms with Gasteiger partial charge < -0.3 is 9.47 Å². The quantitative estimate of drug-likeness (QED) is 0.621. The predicted octanol–water partition coefficient (Wildman–Crippen LogP) is 3.39. The Bertz CT molecular complexity index is 442. The minimum Gasteiger partial charge on any atom is -0.435 e. The normalized spacial score (nSPS) is 11.5. The van der Waals surface area contributed by atoms with E-state index in [0.717, 1.165) is 25.1 Å². The van der Waals surface area contributed by atoms with E-state index in [-0.39, 0.29) is 0 Å². The Hall–Kier alpha value is -1.86. The summed E-state index contributed by atoms with van der Waals surface area (Å²) in [6.07, 6.45) is -4.98. The number of benzene rings is 1. The maximum atomic E-state index is 12.0. The lowest BCUT2D eigenvalue weighted by atomic mass is 10.1. The van der Waals surface area contributed by atoms with Gasteiger partial charge in [-0.15, -0.1) is 13.2 Å². The molecule has 0 saturated carbocycles. The van der Waals surface area contributed by atoms with Crippen LogP contribution in [0.1, 0.15) is 17.3 Å². The number of carbonyl (C=O) groups is 1. The molecule has 1 aromatic rings. The van der Waals surface area contributed by atoms with Gasteiger partial charge >= 0.3 is 13.0 Å². The van der Waals surface area contributed by atoms with Gasteiger partial charge in [0.25, 0.3) is 0 Å². The van der Waals surface area contributed by atoms with Crippen molar-refractivity contribution in [2.24, 2.45) is 0 Å². The largest absolute Gasteiger partial charge is 0.573 e. The monoisotopic (exact) mass is 270 g/mol. The van der Waals surface area contributed by atoms with Crippen LogP contribution in [0.25, 0.3) is 0 Å². The number of ketones is 1. The summed E-state index contributed by atoms with van der Waals surface area (Å²) in [4.78, 5) is 11.1. The molecule has 0 N–H and O–H groups in total. The molecule has 0 aromatic heterocycles. The summed E-state index contributed by atoms with van der Waals surface area (Å²) in [7, 11) is 0. The Balaban J connectivity index is 3.09. The number of halogens is 5. The van der Waals surface area contributed by atoms with Gasteiger partial charge in [0.05, 0.1) is 5.56 Å². The third-order valence-electron chi connectivity index (χ3n) is 1.78. The summed E-state index contributed by atoms with van der Waals surface area (Å²) in [5.74, 6) is -1.96. The number of hydrogen-bond acceptors (Lipinski definition) is 3. The summed E-state index contributed by atoms with van der Waals surface area (Å²) >= 11 is 0. The number of ether oxygens (including phenoxy) is 2. The van der Waals surface area contributed by atoms with E-state index in [9.17, 15) is 26.7 Å². The number of alkyl halides is 5. The van der Waals surface area contributed by atoms with E-state index in [1.807, 2.05) is 0 Å². The van der Waals surface area contributed by atoms with E-state index in [0.29, 0.717) is 0 Å². The van der Waals surface area contributed by atoms with Crippen molar-refractivity contribution in [3.8, 4) is 11.5 Å². The van der Waals surface area contributed by atoms with Gasteiger partial charge in [-0.25, -0.2) is 0 Å². The first kappa shape index (κ1) is 14.2. The fraction of sp³-hybridized carbons (Fsp3) is 0.300. The Labute approximate surface area is 98.1 Å². The molecule has 0 spiro atoms. The summed E-state index contributed by atoms with van der Waals surface area (Å²) < 4.78 is 67.4. The fourth-order valence-electron chi connectivity index (χ4n) is 1.17. The summed E-state index contributed by atoms with van der Waals surface area (Å²) in [5.41, 5.74) is -0.495. The topological polar surface area (TPSA) is 35.5 Å². The minimum absolute atomic E-state index is 0.426. The number of rotatable bonds is 4. The van der Waals surface area contributed by atoms with Crippen molar-refractivity contribution in [3.63, 3.8) is 0 Å². The highest BCUT2D eigenvalue weighted by Crippen LogP contribution is 2.30. The van der Waals surface area contributed by atoms with Crippen molar-refractivity contribution in [1.82, 2.24) is 0 Å². The number of Topliss-reactive ketones (excluding diaryl/α,β-unsaturated/α-hetero) is 1. The minimum atomic E-state index is -4.98. The molecule has 0 aliphatic carbocycles. The highest BCUT2D eigenvalue weighted by Gasteiger charge is 2.32. The van der Waals surface area contributed by atoms with E-state index in [1.165, 1.54) is 0 Å². The van der Waals surface area contributed by atoms with Crippen molar-refractivity contribution in [3.05, 3.63) is 23.8 Å². The van der Waals surface area contributed by atoms with Crippen LogP contribution in [0.15, 0.2) is 18.2 Å². The fourth-order valence-corrected chi connectivity index (χ4v) is 1.17. The maximum absolute atomic E-state index is 12.0. The average molecular weight is 270 g/mol. The molecule has 0 radical (unpaired) electrons. The lowest BCUT2D eigenvalue weighted by molar-refractivity contribution is -0.274. The molecule has 1 aromatic carbocycles. The molecule has 0 atom stereocenters. The van der Waals surface area contributed by atoms with Crippen molar-refractivity contribution < 1.29 is 36.2 Å². The molecule has 8 heteroatoms. The second-order valence-corrected chi connectivity index (χ2v) is 3.14. The van der Waals surface area contributed by atoms with E-state index in [2.05, 4.69) is 9.47 Å². The Morgan fingerprint density at radius 3 is 2.33 bits per heavy atom. The molecular formula is C10H7F5O3. The van der Waals surface area contributed by atoms with E-state index in [4.69, 9.17) is 0 Å². The van der Waals surface area contributed by atoms with Crippen molar-refractivity contribution >= 4 is 5.78 Å². The molecule has 0 heterocycles. The smallest absolute Gasteiger partial charge is 0.435 e. The van der Waals surface area contributed by atoms with Gasteiger partial charge in [0, 0.05) is 0 Å². The zero-order valence-electron chi connectivity index (χ0n) is 8.92. The van der Waals surface area contributed by atoms with Crippen LogP contribution >= 0.6 is 0 Å². The van der Waals surface area contributed by atoms with Crippen molar-refractivity contribution in [2.75, 3.05) is 0 Å². The van der Waals surface area contributed by atoms with Crippen LogP contribution in [0.2, 0.25) is 0 Å². The Kier molecular flexibility index (Phi) is 4.10. The van der Waals surface area contributed by atoms with Gasteiger partial charge in [0.1, 0.15) is 11.5 Å². The zero-order valence-corrected chi connectivity index (χ0v) is 8.92. The molecular weight excluding hydrogens is 263 g/mol. The van der Waals surface area contributed by atoms with Crippen LogP contribution in [0.3, 0.4) is 0 Å². The van der Waals surface area contributed by atoms with E-state index < -0.39 is 35.8 Å². The summed E-state index contributed by atoms with van der Waals surface area (Å²) in [6.45, 7) is -2.16. The van der Waals surface area contributed by atoms with Gasteiger partial charge in [0.2, 0.25) is 0 Å². The Morgan fingerprint density at radius 1 is 1.28 bits per heavy atom. The molecule has 100 valence electrons. The second kappa shape index (κ2) is 5.19. The summed E-state index contributed by atoms with van der Waals surface area (Å²) in [6, 6.07) is 2.34. The van der Waals surface area contributed by atoms with Gasteiger partial charge in [0.15, 0.2) is 5.78 Å². The van der Waals surface area contributed by atoms with E-state index >= 15 is 0 Å². The molecule has 0 unspecified atom stereocenters. The van der Waals surface area contributed by atoms with Crippen LogP contribution in [0.5, 0.6) is 11.5 Å². The predicted molar refractivity (Wildman–Crippen MR) is 49.8 cm³/mol. The van der Waals surface area contributed by atoms with Crippen molar-refractivity contribution in [2.45, 2.75) is 19.9 Å². The van der Waals surface area contributed by atoms with Crippen LogP contribution in [0.4, 0.5) is 22.0 Å². The second-order valence-electron chi connectivity index (χ2n) is 3.14.